The molecule has 1 unspecified atom stereocenters. The van der Waals surface area contributed by atoms with Gasteiger partial charge in [0.15, 0.2) is 0 Å². The van der Waals surface area contributed by atoms with Gasteiger partial charge in [0.1, 0.15) is 0 Å². The van der Waals surface area contributed by atoms with Crippen LogP contribution in [0.5, 0.6) is 0 Å². The summed E-state index contributed by atoms with van der Waals surface area (Å²) in [6.45, 7) is 8.17. The first-order valence-corrected chi connectivity index (χ1v) is 3.87. The highest BCUT2D eigenvalue weighted by molar-refractivity contribution is 5.00. The Morgan fingerprint density at radius 1 is 1.40 bits per heavy atom. The van der Waals surface area contributed by atoms with Crippen LogP contribution in [0.25, 0.3) is 0 Å². The molecule has 0 aliphatic rings. The zero-order chi connectivity index (χ0) is 8.15. The number of allylic oxidation sites excluding steroid dienone is 1. The molecule has 0 heterocycles. The smallest absolute Gasteiger partial charge is 0.0549 e. The number of aliphatic hydroxyl groups excluding tert-OH is 1. The van der Waals surface area contributed by atoms with Gasteiger partial charge in [-0.05, 0) is 26.2 Å². The molecule has 1 heteroatoms. The minimum Gasteiger partial charge on any atom is -0.393 e. The van der Waals surface area contributed by atoms with Crippen molar-refractivity contribution >= 4 is 0 Å². The predicted octanol–water partition coefficient (Wildman–Crippen LogP) is 2.36. The Morgan fingerprint density at radius 2 is 1.90 bits per heavy atom. The summed E-state index contributed by atoms with van der Waals surface area (Å²) in [6.07, 6.45) is 2.79. The summed E-state index contributed by atoms with van der Waals surface area (Å²) >= 11 is 0. The van der Waals surface area contributed by atoms with Gasteiger partial charge in [0.25, 0.3) is 0 Å². The monoisotopic (exact) mass is 142 g/mol. The molecule has 0 aliphatic heterocycles. The van der Waals surface area contributed by atoms with Crippen LogP contribution in [0.1, 0.15) is 34.1 Å². The number of rotatable bonds is 3. The summed E-state index contributed by atoms with van der Waals surface area (Å²) < 4.78 is 0. The van der Waals surface area contributed by atoms with Gasteiger partial charge in [0, 0.05) is 0 Å². The van der Waals surface area contributed by atoms with E-state index in [4.69, 9.17) is 5.11 Å². The maximum Gasteiger partial charge on any atom is 0.0549 e. The lowest BCUT2D eigenvalue weighted by Gasteiger charge is -2.05. The second-order valence-corrected chi connectivity index (χ2v) is 3.31. The maximum atomic E-state index is 8.99. The fourth-order valence-corrected chi connectivity index (χ4v) is 1.10. The van der Waals surface area contributed by atoms with Gasteiger partial charge in [-0.1, -0.05) is 25.5 Å². The average molecular weight is 142 g/mol. The van der Waals surface area contributed by atoms with Crippen LogP contribution in [0.4, 0.5) is 0 Å². The molecule has 0 aromatic heterocycles. The van der Waals surface area contributed by atoms with E-state index >= 15 is 0 Å². The van der Waals surface area contributed by atoms with Gasteiger partial charge < -0.3 is 5.11 Å². The molecule has 0 fully saturated rings. The van der Waals surface area contributed by atoms with E-state index < -0.39 is 0 Å². The Labute approximate surface area is 63.8 Å². The van der Waals surface area contributed by atoms with Crippen molar-refractivity contribution in [1.82, 2.24) is 0 Å². The van der Waals surface area contributed by atoms with Crippen LogP contribution in [0.2, 0.25) is 0 Å². The van der Waals surface area contributed by atoms with E-state index in [0.29, 0.717) is 5.92 Å². The van der Waals surface area contributed by atoms with Crippen molar-refractivity contribution in [3.05, 3.63) is 11.6 Å². The Kier molecular flexibility index (Phi) is 4.37. The molecule has 0 rings (SSSR count). The Bertz CT molecular complexity index is 112. The molecule has 0 saturated heterocycles. The standard InChI is InChI=1S/C9H18O/c1-7(2)5-8(3)6-9(4)10/h5,7,9-10H,6H2,1-4H3/b8-5+. The zero-order valence-electron chi connectivity index (χ0n) is 7.39. The number of aliphatic hydroxyl groups is 1. The molecule has 0 aromatic carbocycles. The van der Waals surface area contributed by atoms with Crippen LogP contribution >= 0.6 is 0 Å². The van der Waals surface area contributed by atoms with E-state index in [1.54, 1.807) is 0 Å². The number of hydrogen-bond acceptors (Lipinski definition) is 1. The third-order valence-corrected chi connectivity index (χ3v) is 1.24. The lowest BCUT2D eigenvalue weighted by Crippen LogP contribution is -2.00. The van der Waals surface area contributed by atoms with Crippen LogP contribution in [-0.2, 0) is 0 Å². The van der Waals surface area contributed by atoms with Crippen LogP contribution in [-0.4, -0.2) is 11.2 Å². The molecular weight excluding hydrogens is 124 g/mol. The molecule has 60 valence electrons. The summed E-state index contributed by atoms with van der Waals surface area (Å²) in [6, 6.07) is 0. The van der Waals surface area contributed by atoms with Gasteiger partial charge in [0.2, 0.25) is 0 Å². The fourth-order valence-electron chi connectivity index (χ4n) is 1.10. The van der Waals surface area contributed by atoms with Crippen molar-refractivity contribution in [2.24, 2.45) is 5.92 Å². The van der Waals surface area contributed by atoms with Crippen molar-refractivity contribution < 1.29 is 5.11 Å². The van der Waals surface area contributed by atoms with Gasteiger partial charge in [-0.25, -0.2) is 0 Å². The molecule has 0 amide bonds. The van der Waals surface area contributed by atoms with E-state index in [-0.39, 0.29) is 6.10 Å². The van der Waals surface area contributed by atoms with E-state index in [1.807, 2.05) is 6.92 Å². The normalized spacial score (nSPS) is 16.0. The van der Waals surface area contributed by atoms with Crippen LogP contribution in [0.15, 0.2) is 11.6 Å². The molecule has 10 heavy (non-hydrogen) atoms. The van der Waals surface area contributed by atoms with E-state index in [0.717, 1.165) is 6.42 Å². The fraction of sp³-hybridized carbons (Fsp3) is 0.778. The minimum absolute atomic E-state index is 0.199. The first kappa shape index (κ1) is 9.70. The highest BCUT2D eigenvalue weighted by atomic mass is 16.3. The largest absolute Gasteiger partial charge is 0.393 e. The molecule has 1 nitrogen and oxygen atoms in total. The summed E-state index contributed by atoms with van der Waals surface area (Å²) in [4.78, 5) is 0. The van der Waals surface area contributed by atoms with Gasteiger partial charge in [-0.15, -0.1) is 0 Å². The van der Waals surface area contributed by atoms with Crippen LogP contribution in [0.3, 0.4) is 0 Å². The van der Waals surface area contributed by atoms with Crippen molar-refractivity contribution in [2.45, 2.75) is 40.2 Å². The van der Waals surface area contributed by atoms with E-state index in [9.17, 15) is 0 Å². The Balaban J connectivity index is 3.71. The summed E-state index contributed by atoms with van der Waals surface area (Å²) in [7, 11) is 0. The number of hydrogen-bond donors (Lipinski definition) is 1. The van der Waals surface area contributed by atoms with Crippen molar-refractivity contribution in [3.8, 4) is 0 Å². The van der Waals surface area contributed by atoms with Gasteiger partial charge in [-0.2, -0.15) is 0 Å². The van der Waals surface area contributed by atoms with E-state index in [2.05, 4.69) is 26.8 Å². The van der Waals surface area contributed by atoms with Crippen molar-refractivity contribution in [3.63, 3.8) is 0 Å². The molecule has 0 aromatic rings. The second kappa shape index (κ2) is 4.51. The molecular formula is C9H18O. The minimum atomic E-state index is -0.199. The quantitative estimate of drug-likeness (QED) is 0.600. The third kappa shape index (κ3) is 5.83. The van der Waals surface area contributed by atoms with Crippen LogP contribution in [0, 0.1) is 5.92 Å². The maximum absolute atomic E-state index is 8.99. The van der Waals surface area contributed by atoms with Gasteiger partial charge >= 0.3 is 0 Å². The van der Waals surface area contributed by atoms with Crippen molar-refractivity contribution in [1.29, 1.82) is 0 Å². The SMILES string of the molecule is C/C(=C\C(C)C)CC(C)O. The van der Waals surface area contributed by atoms with E-state index in [1.165, 1.54) is 5.57 Å². The highest BCUT2D eigenvalue weighted by Gasteiger charge is 1.97. The molecule has 0 aliphatic carbocycles. The topological polar surface area (TPSA) is 20.2 Å². The third-order valence-electron chi connectivity index (χ3n) is 1.24. The van der Waals surface area contributed by atoms with Gasteiger partial charge in [-0.3, -0.25) is 0 Å². The van der Waals surface area contributed by atoms with Crippen LogP contribution < -0.4 is 0 Å². The van der Waals surface area contributed by atoms with Crippen molar-refractivity contribution in [2.75, 3.05) is 0 Å². The Hall–Kier alpha value is -0.300. The lowest BCUT2D eigenvalue weighted by molar-refractivity contribution is 0.195. The summed E-state index contributed by atoms with van der Waals surface area (Å²) in [5.74, 6) is 0.596. The zero-order valence-corrected chi connectivity index (χ0v) is 7.39. The summed E-state index contributed by atoms with van der Waals surface area (Å²) in [5, 5.41) is 8.99. The molecule has 1 atom stereocenters. The molecule has 0 saturated carbocycles. The lowest BCUT2D eigenvalue weighted by atomic mass is 10.1. The molecule has 1 N–H and O–H groups in total. The first-order chi connectivity index (χ1) is 4.52. The predicted molar refractivity (Wildman–Crippen MR) is 44.9 cm³/mol. The molecule has 0 bridgehead atoms. The highest BCUT2D eigenvalue weighted by Crippen LogP contribution is 2.07. The first-order valence-electron chi connectivity index (χ1n) is 3.87. The summed E-state index contributed by atoms with van der Waals surface area (Å²) in [5.41, 5.74) is 1.28. The van der Waals surface area contributed by atoms with Gasteiger partial charge in [0.05, 0.1) is 6.10 Å². The molecule has 0 spiro atoms. The molecule has 0 radical (unpaired) electrons. The Morgan fingerprint density at radius 3 is 2.20 bits per heavy atom. The second-order valence-electron chi connectivity index (χ2n) is 3.31. The average Bonchev–Trinajstić information content (AvgIpc) is 1.58.